The maximum Gasteiger partial charge on any atom is 0.284 e. The van der Waals surface area contributed by atoms with Crippen molar-refractivity contribution in [2.24, 2.45) is 4.40 Å². The summed E-state index contributed by atoms with van der Waals surface area (Å²) in [6.07, 6.45) is 2.78. The topological polar surface area (TPSA) is 107 Å². The first-order chi connectivity index (χ1) is 13.7. The highest BCUT2D eigenvalue weighted by atomic mass is 32.2. The normalized spacial score (nSPS) is 17.3. The molecule has 150 valence electrons. The number of phenols is 2. The predicted octanol–water partition coefficient (Wildman–Crippen LogP) is 3.08. The van der Waals surface area contributed by atoms with Gasteiger partial charge in [-0.25, -0.2) is 4.39 Å². The lowest BCUT2D eigenvalue weighted by atomic mass is 10.1. The molecule has 1 aliphatic heterocycles. The third-order valence-electron chi connectivity index (χ3n) is 3.81. The van der Waals surface area contributed by atoms with E-state index in [9.17, 15) is 27.8 Å². The van der Waals surface area contributed by atoms with Crippen LogP contribution in [-0.4, -0.2) is 41.2 Å². The molecule has 2 aromatic rings. The minimum Gasteiger partial charge on any atom is -0.508 e. The quantitative estimate of drug-likeness (QED) is 0.553. The zero-order chi connectivity index (χ0) is 21.2. The fraction of sp³-hybridized carbons (Fsp3) is 0.0526. The molecule has 3 rings (SSSR count). The van der Waals surface area contributed by atoms with E-state index in [1.165, 1.54) is 24.3 Å². The number of amides is 1. The second-order valence-electron chi connectivity index (χ2n) is 5.86. The maximum absolute atomic E-state index is 13.1. The van der Waals surface area contributed by atoms with E-state index < -0.39 is 21.7 Å². The number of hydrogen-bond donors (Lipinski definition) is 2. The van der Waals surface area contributed by atoms with E-state index >= 15 is 0 Å². The number of halogens is 1. The summed E-state index contributed by atoms with van der Waals surface area (Å²) in [6.45, 7) is 3.57. The summed E-state index contributed by atoms with van der Waals surface area (Å²) in [5, 5.41) is 19.2. The van der Waals surface area contributed by atoms with Gasteiger partial charge in [-0.2, -0.15) is 8.42 Å². The SMILES string of the molecule is C=CCN1C(=O)/C(=C/c2ccc(O)cc2O)SC1=NS(=O)(=O)c1ccc(F)cc1. The Hall–Kier alpha value is -3.11. The lowest BCUT2D eigenvalue weighted by molar-refractivity contribution is -0.121. The molecule has 0 aromatic heterocycles. The van der Waals surface area contributed by atoms with Crippen LogP contribution in [0.1, 0.15) is 5.56 Å². The van der Waals surface area contributed by atoms with E-state index in [1.807, 2.05) is 0 Å². The number of carbonyl (C=O) groups is 1. The van der Waals surface area contributed by atoms with Gasteiger partial charge in [-0.05, 0) is 54.2 Å². The third-order valence-corrected chi connectivity index (χ3v) is 6.21. The van der Waals surface area contributed by atoms with Crippen molar-refractivity contribution in [2.75, 3.05) is 6.54 Å². The van der Waals surface area contributed by atoms with Gasteiger partial charge in [0, 0.05) is 18.2 Å². The minimum absolute atomic E-state index is 0.0164. The molecule has 0 atom stereocenters. The van der Waals surface area contributed by atoms with E-state index in [1.54, 1.807) is 0 Å². The number of carbonyl (C=O) groups excluding carboxylic acids is 1. The van der Waals surface area contributed by atoms with Crippen molar-refractivity contribution in [3.05, 3.63) is 71.4 Å². The van der Waals surface area contributed by atoms with Crippen molar-refractivity contribution in [2.45, 2.75) is 4.90 Å². The maximum atomic E-state index is 13.1. The lowest BCUT2D eigenvalue weighted by Crippen LogP contribution is -2.29. The van der Waals surface area contributed by atoms with Crippen LogP contribution in [0.25, 0.3) is 6.08 Å². The average Bonchev–Trinajstić information content (AvgIpc) is 2.93. The molecule has 2 aromatic carbocycles. The van der Waals surface area contributed by atoms with Crippen LogP contribution in [0.15, 0.2) is 69.3 Å². The highest BCUT2D eigenvalue weighted by molar-refractivity contribution is 8.19. The molecule has 1 fully saturated rings. The smallest absolute Gasteiger partial charge is 0.284 e. The Morgan fingerprint density at radius 1 is 1.17 bits per heavy atom. The van der Waals surface area contributed by atoms with Gasteiger partial charge in [-0.1, -0.05) is 6.08 Å². The van der Waals surface area contributed by atoms with Crippen molar-refractivity contribution >= 4 is 38.9 Å². The first-order valence-electron chi connectivity index (χ1n) is 8.16. The van der Waals surface area contributed by atoms with Crippen molar-refractivity contribution in [3.8, 4) is 11.5 Å². The molecule has 10 heteroatoms. The largest absolute Gasteiger partial charge is 0.508 e. The predicted molar refractivity (Wildman–Crippen MR) is 108 cm³/mol. The van der Waals surface area contributed by atoms with Crippen LogP contribution in [0.2, 0.25) is 0 Å². The van der Waals surface area contributed by atoms with Gasteiger partial charge in [-0.15, -0.1) is 11.0 Å². The Balaban J connectivity index is 2.01. The van der Waals surface area contributed by atoms with Gasteiger partial charge in [0.25, 0.3) is 15.9 Å². The van der Waals surface area contributed by atoms with E-state index in [0.29, 0.717) is 0 Å². The van der Waals surface area contributed by atoms with Gasteiger partial charge in [-0.3, -0.25) is 9.69 Å². The lowest BCUT2D eigenvalue weighted by Gasteiger charge is -2.12. The number of nitrogens with zero attached hydrogens (tertiary/aromatic N) is 2. The number of amidine groups is 1. The Kier molecular flexibility index (Phi) is 5.76. The number of hydrogen-bond acceptors (Lipinski definition) is 6. The highest BCUT2D eigenvalue weighted by Crippen LogP contribution is 2.35. The van der Waals surface area contributed by atoms with Crippen LogP contribution in [0, 0.1) is 5.82 Å². The number of sulfonamides is 1. The molecule has 1 aliphatic rings. The van der Waals surface area contributed by atoms with Crippen molar-refractivity contribution in [1.29, 1.82) is 0 Å². The molecule has 0 saturated carbocycles. The van der Waals surface area contributed by atoms with Gasteiger partial charge in [0.2, 0.25) is 0 Å². The Bertz CT molecular complexity index is 1140. The summed E-state index contributed by atoms with van der Waals surface area (Å²) >= 11 is 0.812. The molecule has 1 amide bonds. The van der Waals surface area contributed by atoms with E-state index in [4.69, 9.17) is 0 Å². The van der Waals surface area contributed by atoms with E-state index in [-0.39, 0.29) is 38.6 Å². The molecule has 7 nitrogen and oxygen atoms in total. The van der Waals surface area contributed by atoms with Gasteiger partial charge in [0.15, 0.2) is 5.17 Å². The molecular weight excluding hydrogens is 419 g/mol. The molecule has 0 bridgehead atoms. The number of phenolic OH excluding ortho intramolecular Hbond substituents is 2. The Labute approximate surface area is 170 Å². The van der Waals surface area contributed by atoms with Crippen LogP contribution in [0.5, 0.6) is 11.5 Å². The number of aromatic hydroxyl groups is 2. The van der Waals surface area contributed by atoms with Crippen LogP contribution in [0.3, 0.4) is 0 Å². The summed E-state index contributed by atoms with van der Waals surface area (Å²) < 4.78 is 41.9. The monoisotopic (exact) mass is 434 g/mol. The van der Waals surface area contributed by atoms with Crippen LogP contribution < -0.4 is 0 Å². The summed E-state index contributed by atoms with van der Waals surface area (Å²) in [6, 6.07) is 8.03. The third kappa shape index (κ3) is 4.49. The molecular formula is C19H15FN2O5S2. The van der Waals surface area contributed by atoms with Gasteiger partial charge in [0.05, 0.1) is 9.80 Å². The first kappa shape index (κ1) is 20.6. The van der Waals surface area contributed by atoms with E-state index in [2.05, 4.69) is 11.0 Å². The zero-order valence-electron chi connectivity index (χ0n) is 14.8. The summed E-state index contributed by atoms with van der Waals surface area (Å²) in [5.74, 6) is -1.49. The molecule has 0 unspecified atom stereocenters. The highest BCUT2D eigenvalue weighted by Gasteiger charge is 2.34. The number of benzene rings is 2. The summed E-state index contributed by atoms with van der Waals surface area (Å²) in [4.78, 5) is 13.7. The molecule has 0 spiro atoms. The first-order valence-corrected chi connectivity index (χ1v) is 10.4. The molecule has 0 aliphatic carbocycles. The average molecular weight is 434 g/mol. The zero-order valence-corrected chi connectivity index (χ0v) is 16.5. The fourth-order valence-corrected chi connectivity index (χ4v) is 4.60. The van der Waals surface area contributed by atoms with E-state index in [0.717, 1.165) is 47.0 Å². The minimum atomic E-state index is -4.18. The Morgan fingerprint density at radius 3 is 2.48 bits per heavy atom. The van der Waals surface area contributed by atoms with Gasteiger partial charge in [0.1, 0.15) is 17.3 Å². The van der Waals surface area contributed by atoms with Crippen molar-refractivity contribution < 1.29 is 27.8 Å². The van der Waals surface area contributed by atoms with Gasteiger partial charge >= 0.3 is 0 Å². The van der Waals surface area contributed by atoms with Crippen molar-refractivity contribution in [1.82, 2.24) is 4.90 Å². The van der Waals surface area contributed by atoms with Gasteiger partial charge < -0.3 is 10.2 Å². The second kappa shape index (κ2) is 8.10. The molecule has 29 heavy (non-hydrogen) atoms. The van der Waals surface area contributed by atoms with Crippen LogP contribution in [-0.2, 0) is 14.8 Å². The summed E-state index contributed by atoms with van der Waals surface area (Å²) in [5.41, 5.74) is 0.264. The summed E-state index contributed by atoms with van der Waals surface area (Å²) in [7, 11) is -4.18. The molecule has 1 saturated heterocycles. The molecule has 2 N–H and O–H groups in total. The second-order valence-corrected chi connectivity index (χ2v) is 8.47. The van der Waals surface area contributed by atoms with Crippen LogP contribution in [0.4, 0.5) is 4.39 Å². The van der Waals surface area contributed by atoms with Crippen LogP contribution >= 0.6 is 11.8 Å². The van der Waals surface area contributed by atoms with Crippen molar-refractivity contribution in [3.63, 3.8) is 0 Å². The standard InChI is InChI=1S/C19H15FN2O5S2/c1-2-9-22-18(25)17(10-12-3-6-14(23)11-16(12)24)28-19(22)21-29(26,27)15-7-4-13(20)5-8-15/h2-8,10-11,23-24H,1,9H2/b17-10-,21-19?. The number of rotatable bonds is 5. The molecule has 0 radical (unpaired) electrons. The Morgan fingerprint density at radius 2 is 1.86 bits per heavy atom. The number of thioether (sulfide) groups is 1. The molecule has 1 heterocycles. The fourth-order valence-electron chi connectivity index (χ4n) is 2.42.